The highest BCUT2D eigenvalue weighted by atomic mass is 16.6. The number of carbonyl (C=O) groups is 3. The van der Waals surface area contributed by atoms with Crippen molar-refractivity contribution in [3.8, 4) is 5.75 Å². The summed E-state index contributed by atoms with van der Waals surface area (Å²) in [6.07, 6.45) is 1.98. The molecule has 0 spiro atoms. The van der Waals surface area contributed by atoms with Gasteiger partial charge < -0.3 is 25.4 Å². The molecule has 1 aliphatic carbocycles. The molecular formula is C31H43N3O5. The molecule has 3 rings (SSSR count). The SMILES string of the molecule is Cc1cc(C)cc(C(C(=O)NC(C)C)N(C(=O)C(Cc2ccc(O)cc2)NC(=O)OC(C)(C)C)C2CCC2)c1. The number of benzene rings is 2. The smallest absolute Gasteiger partial charge is 0.408 e. The lowest BCUT2D eigenvalue weighted by molar-refractivity contribution is -0.147. The zero-order valence-electron chi connectivity index (χ0n) is 24.2. The molecule has 212 valence electrons. The average molecular weight is 538 g/mol. The van der Waals surface area contributed by atoms with Crippen molar-refractivity contribution in [3.05, 3.63) is 64.7 Å². The lowest BCUT2D eigenvalue weighted by Crippen LogP contribution is -2.58. The third-order valence-electron chi connectivity index (χ3n) is 6.61. The van der Waals surface area contributed by atoms with Crippen molar-refractivity contribution >= 4 is 17.9 Å². The van der Waals surface area contributed by atoms with Crippen LogP contribution >= 0.6 is 0 Å². The van der Waals surface area contributed by atoms with Crippen LogP contribution < -0.4 is 10.6 Å². The highest BCUT2D eigenvalue weighted by molar-refractivity contribution is 5.92. The van der Waals surface area contributed by atoms with Gasteiger partial charge in [-0.2, -0.15) is 0 Å². The van der Waals surface area contributed by atoms with E-state index in [0.29, 0.717) is 0 Å². The Morgan fingerprint density at radius 3 is 2.08 bits per heavy atom. The van der Waals surface area contributed by atoms with Crippen LogP contribution in [0.5, 0.6) is 5.75 Å². The van der Waals surface area contributed by atoms with Gasteiger partial charge in [-0.05, 0) is 91.0 Å². The van der Waals surface area contributed by atoms with Gasteiger partial charge in [0.15, 0.2) is 0 Å². The zero-order valence-corrected chi connectivity index (χ0v) is 24.2. The molecule has 8 heteroatoms. The fraction of sp³-hybridized carbons (Fsp3) is 0.516. The number of alkyl carbamates (subject to hydrolysis) is 1. The Morgan fingerprint density at radius 2 is 1.59 bits per heavy atom. The van der Waals surface area contributed by atoms with Crippen molar-refractivity contribution in [1.29, 1.82) is 0 Å². The third kappa shape index (κ3) is 8.47. The van der Waals surface area contributed by atoms with Crippen molar-refractivity contribution in [2.75, 3.05) is 0 Å². The highest BCUT2D eigenvalue weighted by Crippen LogP contribution is 2.35. The molecule has 1 saturated carbocycles. The van der Waals surface area contributed by atoms with Crippen molar-refractivity contribution in [2.24, 2.45) is 0 Å². The first kappa shape index (κ1) is 30.0. The summed E-state index contributed by atoms with van der Waals surface area (Å²) in [7, 11) is 0. The summed E-state index contributed by atoms with van der Waals surface area (Å²) in [5.41, 5.74) is 2.75. The summed E-state index contributed by atoms with van der Waals surface area (Å²) in [5.74, 6) is -0.490. The van der Waals surface area contributed by atoms with E-state index in [4.69, 9.17) is 4.74 Å². The minimum Gasteiger partial charge on any atom is -0.508 e. The molecule has 8 nitrogen and oxygen atoms in total. The first-order chi connectivity index (χ1) is 18.2. The number of phenolic OH excluding ortho intramolecular Hbond substituents is 1. The number of hydrogen-bond acceptors (Lipinski definition) is 5. The maximum atomic E-state index is 14.5. The molecule has 39 heavy (non-hydrogen) atoms. The Morgan fingerprint density at radius 1 is 1.00 bits per heavy atom. The molecule has 0 bridgehead atoms. The minimum atomic E-state index is -0.981. The number of aromatic hydroxyl groups is 1. The second-order valence-electron chi connectivity index (χ2n) is 11.9. The highest BCUT2D eigenvalue weighted by Gasteiger charge is 2.42. The first-order valence-corrected chi connectivity index (χ1v) is 13.7. The van der Waals surface area contributed by atoms with Crippen LogP contribution in [0.4, 0.5) is 4.79 Å². The van der Waals surface area contributed by atoms with E-state index in [2.05, 4.69) is 10.6 Å². The van der Waals surface area contributed by atoms with Gasteiger partial charge in [-0.1, -0.05) is 41.5 Å². The number of ether oxygens (including phenoxy) is 1. The molecule has 3 amide bonds. The van der Waals surface area contributed by atoms with Gasteiger partial charge >= 0.3 is 6.09 Å². The molecule has 2 atom stereocenters. The summed E-state index contributed by atoms with van der Waals surface area (Å²) in [6.45, 7) is 13.0. The number of nitrogens with zero attached hydrogens (tertiary/aromatic N) is 1. The van der Waals surface area contributed by atoms with Gasteiger partial charge in [0.1, 0.15) is 23.4 Å². The lowest BCUT2D eigenvalue weighted by atomic mass is 9.87. The molecule has 2 aromatic rings. The molecule has 0 radical (unpaired) electrons. The normalized spacial score (nSPS) is 15.2. The summed E-state index contributed by atoms with van der Waals surface area (Å²) in [4.78, 5) is 42.8. The second-order valence-corrected chi connectivity index (χ2v) is 11.9. The Kier molecular flexibility index (Phi) is 9.64. The van der Waals surface area contributed by atoms with Crippen LogP contribution in [-0.4, -0.2) is 51.6 Å². The Labute approximate surface area is 232 Å². The van der Waals surface area contributed by atoms with E-state index < -0.39 is 23.8 Å². The molecule has 0 aliphatic heterocycles. The monoisotopic (exact) mass is 537 g/mol. The maximum Gasteiger partial charge on any atom is 0.408 e. The van der Waals surface area contributed by atoms with Crippen LogP contribution in [-0.2, 0) is 20.7 Å². The van der Waals surface area contributed by atoms with Crippen LogP contribution in [0, 0.1) is 13.8 Å². The van der Waals surface area contributed by atoms with E-state index in [9.17, 15) is 19.5 Å². The summed E-state index contributed by atoms with van der Waals surface area (Å²) < 4.78 is 5.49. The first-order valence-electron chi connectivity index (χ1n) is 13.7. The molecule has 0 aromatic heterocycles. The van der Waals surface area contributed by atoms with Crippen LogP contribution in [0.25, 0.3) is 0 Å². The molecule has 0 heterocycles. The number of carbonyl (C=O) groups excluding carboxylic acids is 3. The van der Waals surface area contributed by atoms with E-state index in [-0.39, 0.29) is 36.1 Å². The van der Waals surface area contributed by atoms with Crippen LogP contribution in [0.3, 0.4) is 0 Å². The molecule has 2 unspecified atom stereocenters. The van der Waals surface area contributed by atoms with Gasteiger partial charge in [-0.25, -0.2) is 4.79 Å². The number of nitrogens with one attached hydrogen (secondary N) is 2. The molecule has 1 fully saturated rings. The minimum absolute atomic E-state index is 0.109. The van der Waals surface area contributed by atoms with Gasteiger partial charge in [0.2, 0.25) is 11.8 Å². The quantitative estimate of drug-likeness (QED) is 0.413. The third-order valence-corrected chi connectivity index (χ3v) is 6.61. The van der Waals surface area contributed by atoms with Gasteiger partial charge in [-0.15, -0.1) is 0 Å². The van der Waals surface area contributed by atoms with Gasteiger partial charge in [0.25, 0.3) is 0 Å². The number of rotatable bonds is 9. The van der Waals surface area contributed by atoms with E-state index >= 15 is 0 Å². The summed E-state index contributed by atoms with van der Waals surface area (Å²) >= 11 is 0. The van der Waals surface area contributed by atoms with Crippen molar-refractivity contribution < 1.29 is 24.2 Å². The average Bonchev–Trinajstić information content (AvgIpc) is 2.75. The Hall–Kier alpha value is -3.55. The van der Waals surface area contributed by atoms with Crippen molar-refractivity contribution in [2.45, 2.75) is 104 Å². The van der Waals surface area contributed by atoms with Crippen LogP contribution in [0.1, 0.15) is 82.2 Å². The molecule has 3 N–H and O–H groups in total. The molecule has 2 aromatic carbocycles. The van der Waals surface area contributed by atoms with Crippen molar-refractivity contribution in [1.82, 2.24) is 15.5 Å². The van der Waals surface area contributed by atoms with Gasteiger partial charge in [0.05, 0.1) is 0 Å². The van der Waals surface area contributed by atoms with Crippen molar-refractivity contribution in [3.63, 3.8) is 0 Å². The number of hydrogen-bond donors (Lipinski definition) is 3. The largest absolute Gasteiger partial charge is 0.508 e. The van der Waals surface area contributed by atoms with E-state index in [1.807, 2.05) is 45.9 Å². The van der Waals surface area contributed by atoms with Crippen LogP contribution in [0.15, 0.2) is 42.5 Å². The second kappa shape index (κ2) is 12.5. The van der Waals surface area contributed by atoms with E-state index in [1.165, 1.54) is 0 Å². The lowest BCUT2D eigenvalue weighted by Gasteiger charge is -2.44. The Bertz CT molecular complexity index is 1150. The predicted octanol–water partition coefficient (Wildman–Crippen LogP) is 5.09. The van der Waals surface area contributed by atoms with Crippen LogP contribution in [0.2, 0.25) is 0 Å². The predicted molar refractivity (Wildman–Crippen MR) is 151 cm³/mol. The number of aryl methyl sites for hydroxylation is 2. The topological polar surface area (TPSA) is 108 Å². The fourth-order valence-corrected chi connectivity index (χ4v) is 4.85. The molecule has 0 saturated heterocycles. The van der Waals surface area contributed by atoms with E-state index in [0.717, 1.165) is 41.5 Å². The number of phenols is 1. The maximum absolute atomic E-state index is 14.5. The standard InChI is InChI=1S/C31H43N3O5/c1-19(2)32-28(36)27(23-16-20(3)15-21(4)17-23)34(24-9-8-10-24)29(37)26(33-30(38)39-31(5,6)7)18-22-11-13-25(35)14-12-22/h11-17,19,24,26-27,35H,8-10,18H2,1-7H3,(H,32,36)(H,33,38). The summed E-state index contributed by atoms with van der Waals surface area (Å²) in [5, 5.41) is 15.5. The molecular weight excluding hydrogens is 494 g/mol. The zero-order chi connectivity index (χ0) is 28.9. The fourth-order valence-electron chi connectivity index (χ4n) is 4.85. The van der Waals surface area contributed by atoms with Gasteiger partial charge in [0, 0.05) is 18.5 Å². The van der Waals surface area contributed by atoms with Gasteiger partial charge in [-0.3, -0.25) is 9.59 Å². The summed E-state index contributed by atoms with van der Waals surface area (Å²) in [6, 6.07) is 10.4. The Balaban J connectivity index is 2.06. The van der Waals surface area contributed by atoms with E-state index in [1.54, 1.807) is 49.9 Å². The molecule has 1 aliphatic rings. The number of amides is 3.